The Balaban J connectivity index is 1.17. The lowest BCUT2D eigenvalue weighted by Crippen LogP contribution is -2.60. The van der Waals surface area contributed by atoms with E-state index in [1.165, 1.54) is 75.5 Å². The maximum atomic E-state index is 6.66. The van der Waals surface area contributed by atoms with E-state index in [1.54, 1.807) is 0 Å². The van der Waals surface area contributed by atoms with E-state index >= 15 is 0 Å². The summed E-state index contributed by atoms with van der Waals surface area (Å²) in [6, 6.07) is 54.1. The Morgan fingerprint density at radius 2 is 1.19 bits per heavy atom. The summed E-state index contributed by atoms with van der Waals surface area (Å²) in [5, 5.41) is 9.63. The van der Waals surface area contributed by atoms with Gasteiger partial charge >= 0.3 is 6.85 Å². The van der Waals surface area contributed by atoms with E-state index in [9.17, 15) is 0 Å². The van der Waals surface area contributed by atoms with E-state index in [1.807, 2.05) is 17.4 Å². The standard InChI is InChI=1S/C52H33BN2O2S/c1-52(2,3)28-16-18-29(19-17-28)55-42-24-39-32-12-6-9-15-48(32)58-49(39)25-36(42)33-20-21-34-35-22-37-30-10-4-7-13-44(30)56-46(37)26-41(35)54-43-27-47-38(31-11-5-8-14-45(31)57-47)23-40(43)53(55)50(33)51(34)54/h4-27H,1-3H3. The van der Waals surface area contributed by atoms with Gasteiger partial charge in [-0.15, -0.1) is 11.3 Å². The molecule has 0 fully saturated rings. The summed E-state index contributed by atoms with van der Waals surface area (Å²) in [6.07, 6.45) is 0. The van der Waals surface area contributed by atoms with Crippen molar-refractivity contribution in [2.24, 2.45) is 0 Å². The minimum absolute atomic E-state index is 0.0374. The Labute approximate surface area is 337 Å². The third-order valence-corrected chi connectivity index (χ3v) is 14.2. The number of anilines is 2. The van der Waals surface area contributed by atoms with Gasteiger partial charge in [0.15, 0.2) is 0 Å². The number of aromatic nitrogens is 1. The molecule has 0 saturated carbocycles. The van der Waals surface area contributed by atoms with Crippen LogP contribution in [0.2, 0.25) is 0 Å². The van der Waals surface area contributed by atoms with Crippen LogP contribution in [0.3, 0.4) is 0 Å². The molecule has 2 aliphatic rings. The SMILES string of the molecule is CC(C)(C)c1ccc(N2B3c4cc5c(cc4-n4c6cc7oc8ccccc8c7cc6c6ccc(c3c64)-c3cc4sc6ccccc6c4cc32)oc2ccccc25)cc1. The normalized spacial score (nSPS) is 13.7. The summed E-state index contributed by atoms with van der Waals surface area (Å²) in [6.45, 7) is 6.77. The Kier molecular flexibility index (Phi) is 5.73. The molecule has 6 heterocycles. The molecule has 14 rings (SSSR count). The third-order valence-electron chi connectivity index (χ3n) is 13.1. The molecular formula is C52H33BN2O2S. The predicted octanol–water partition coefficient (Wildman–Crippen LogP) is 13.5. The van der Waals surface area contributed by atoms with Gasteiger partial charge in [0.1, 0.15) is 22.3 Å². The van der Waals surface area contributed by atoms with E-state index in [2.05, 4.69) is 170 Å². The number of hydrogen-bond donors (Lipinski definition) is 0. The monoisotopic (exact) mass is 760 g/mol. The van der Waals surface area contributed by atoms with Gasteiger partial charge in [0.2, 0.25) is 0 Å². The van der Waals surface area contributed by atoms with Crippen molar-refractivity contribution in [1.29, 1.82) is 0 Å². The van der Waals surface area contributed by atoms with E-state index in [4.69, 9.17) is 8.83 Å². The molecule has 4 nitrogen and oxygen atoms in total. The summed E-state index contributed by atoms with van der Waals surface area (Å²) >= 11 is 1.89. The summed E-state index contributed by atoms with van der Waals surface area (Å²) in [4.78, 5) is 2.64. The van der Waals surface area contributed by atoms with E-state index in [0.717, 1.165) is 55.1 Å². The molecule has 8 aromatic carbocycles. The smallest absolute Gasteiger partial charge is 0.333 e. The number of nitrogens with zero attached hydrogens (tertiary/aromatic N) is 2. The molecule has 2 aliphatic heterocycles. The second kappa shape index (κ2) is 10.6. The van der Waals surface area contributed by atoms with Crippen molar-refractivity contribution in [3.05, 3.63) is 151 Å². The van der Waals surface area contributed by atoms with Gasteiger partial charge < -0.3 is 18.2 Å². The summed E-state index contributed by atoms with van der Waals surface area (Å²) < 4.78 is 18.4. The number of hydrogen-bond acceptors (Lipinski definition) is 4. The molecule has 0 aliphatic carbocycles. The van der Waals surface area contributed by atoms with Crippen LogP contribution in [0, 0.1) is 0 Å². The lowest BCUT2D eigenvalue weighted by molar-refractivity contribution is 0.590. The molecule has 12 aromatic rings. The maximum absolute atomic E-state index is 6.66. The van der Waals surface area contributed by atoms with Crippen LogP contribution in [-0.2, 0) is 5.41 Å². The molecule has 0 unspecified atom stereocenters. The second-order valence-electron chi connectivity index (χ2n) is 17.3. The zero-order valence-electron chi connectivity index (χ0n) is 32.1. The highest BCUT2D eigenvalue weighted by Gasteiger charge is 2.44. The fraction of sp³-hybridized carbons (Fsp3) is 0.0769. The molecule has 0 bridgehead atoms. The fourth-order valence-corrected chi connectivity index (χ4v) is 11.6. The number of fused-ring (bicyclic) bond motifs is 17. The molecule has 0 saturated heterocycles. The van der Waals surface area contributed by atoms with Crippen LogP contribution in [-0.4, -0.2) is 11.4 Å². The van der Waals surface area contributed by atoms with Crippen LogP contribution in [0.1, 0.15) is 26.3 Å². The molecule has 4 aromatic heterocycles. The van der Waals surface area contributed by atoms with Gasteiger partial charge in [0.05, 0.1) is 11.0 Å². The van der Waals surface area contributed by atoms with Crippen molar-refractivity contribution >= 4 is 126 Å². The van der Waals surface area contributed by atoms with Crippen LogP contribution in [0.25, 0.3) is 103 Å². The maximum Gasteiger partial charge on any atom is 0.333 e. The number of para-hydroxylation sites is 2. The molecule has 0 amide bonds. The van der Waals surface area contributed by atoms with E-state index in [-0.39, 0.29) is 12.3 Å². The van der Waals surface area contributed by atoms with E-state index < -0.39 is 0 Å². The van der Waals surface area contributed by atoms with Crippen LogP contribution < -0.4 is 15.7 Å². The van der Waals surface area contributed by atoms with Gasteiger partial charge in [-0.1, -0.05) is 106 Å². The Hall–Kier alpha value is -6.76. The topological polar surface area (TPSA) is 34.5 Å². The first-order valence-electron chi connectivity index (χ1n) is 20.1. The van der Waals surface area contributed by atoms with Gasteiger partial charge in [-0.05, 0) is 76.0 Å². The van der Waals surface area contributed by atoms with Crippen LogP contribution >= 0.6 is 11.3 Å². The van der Waals surface area contributed by atoms with Gasteiger partial charge in [0.25, 0.3) is 0 Å². The van der Waals surface area contributed by atoms with Crippen molar-refractivity contribution in [3.8, 4) is 16.8 Å². The van der Waals surface area contributed by atoms with Crippen LogP contribution in [0.5, 0.6) is 0 Å². The third kappa shape index (κ3) is 3.91. The largest absolute Gasteiger partial charge is 0.456 e. The van der Waals surface area contributed by atoms with Crippen molar-refractivity contribution in [2.45, 2.75) is 26.2 Å². The molecule has 6 heteroatoms. The lowest BCUT2D eigenvalue weighted by Gasteiger charge is -2.42. The second-order valence-corrected chi connectivity index (χ2v) is 18.3. The first kappa shape index (κ1) is 31.3. The quantitative estimate of drug-likeness (QED) is 0.156. The number of benzene rings is 8. The van der Waals surface area contributed by atoms with Crippen molar-refractivity contribution in [1.82, 2.24) is 4.57 Å². The number of rotatable bonds is 1. The average molecular weight is 761 g/mol. The summed E-state index contributed by atoms with van der Waals surface area (Å²) in [5.41, 5.74) is 16.0. The van der Waals surface area contributed by atoms with Gasteiger partial charge in [0, 0.05) is 87.2 Å². The minimum Gasteiger partial charge on any atom is -0.456 e. The predicted molar refractivity (Wildman–Crippen MR) is 246 cm³/mol. The minimum atomic E-state index is -0.109. The fourth-order valence-electron chi connectivity index (χ4n) is 10.4. The van der Waals surface area contributed by atoms with Crippen molar-refractivity contribution in [2.75, 3.05) is 4.81 Å². The highest BCUT2D eigenvalue weighted by atomic mass is 32.1. The molecular weight excluding hydrogens is 727 g/mol. The van der Waals surface area contributed by atoms with Crippen LogP contribution in [0.15, 0.2) is 154 Å². The average Bonchev–Trinajstić information content (AvgIpc) is 3.99. The molecule has 0 N–H and O–H groups in total. The number of thiophene rings is 1. The van der Waals surface area contributed by atoms with Crippen molar-refractivity contribution < 1.29 is 8.83 Å². The van der Waals surface area contributed by atoms with Crippen molar-refractivity contribution in [3.63, 3.8) is 0 Å². The highest BCUT2D eigenvalue weighted by Crippen LogP contribution is 2.49. The molecule has 272 valence electrons. The first-order chi connectivity index (χ1) is 28.4. The molecule has 0 radical (unpaired) electrons. The van der Waals surface area contributed by atoms with Crippen LogP contribution in [0.4, 0.5) is 11.4 Å². The first-order valence-corrected chi connectivity index (χ1v) is 20.9. The number of furan rings is 2. The Morgan fingerprint density at radius 1 is 0.500 bits per heavy atom. The van der Waals surface area contributed by atoms with Gasteiger partial charge in [-0.25, -0.2) is 0 Å². The molecule has 0 spiro atoms. The highest BCUT2D eigenvalue weighted by molar-refractivity contribution is 7.25. The Bertz CT molecular complexity index is 3800. The molecule has 58 heavy (non-hydrogen) atoms. The molecule has 0 atom stereocenters. The zero-order valence-corrected chi connectivity index (χ0v) is 32.9. The summed E-state index contributed by atoms with van der Waals surface area (Å²) in [7, 11) is 0. The summed E-state index contributed by atoms with van der Waals surface area (Å²) in [5.74, 6) is 0. The lowest BCUT2D eigenvalue weighted by atomic mass is 9.44. The Morgan fingerprint density at radius 3 is 1.95 bits per heavy atom. The van der Waals surface area contributed by atoms with Gasteiger partial charge in [-0.2, -0.15) is 0 Å². The zero-order chi connectivity index (χ0) is 38.2. The van der Waals surface area contributed by atoms with E-state index in [0.29, 0.717) is 0 Å². The van der Waals surface area contributed by atoms with Gasteiger partial charge in [-0.3, -0.25) is 0 Å².